The van der Waals surface area contributed by atoms with Crippen LogP contribution in [0.25, 0.3) is 0 Å². The van der Waals surface area contributed by atoms with Crippen molar-refractivity contribution in [3.8, 4) is 0 Å². The quantitative estimate of drug-likeness (QED) is 0.644. The van der Waals surface area contributed by atoms with Gasteiger partial charge in [0.2, 0.25) is 0 Å². The number of nitrogens with one attached hydrogen (secondary N) is 2. The SMILES string of the molecule is CCC(CO)NC(=O)c1ccc(NS(=O)(=O)c2ccc(Cl)c(Cl)c2)cc1. The summed E-state index contributed by atoms with van der Waals surface area (Å²) >= 11 is 11.7. The topological polar surface area (TPSA) is 95.5 Å². The highest BCUT2D eigenvalue weighted by Crippen LogP contribution is 2.26. The fourth-order valence-electron chi connectivity index (χ4n) is 2.09. The van der Waals surface area contributed by atoms with Gasteiger partial charge in [0, 0.05) is 11.3 Å². The predicted molar refractivity (Wildman–Crippen MR) is 102 cm³/mol. The number of hydrogen-bond donors (Lipinski definition) is 3. The minimum absolute atomic E-state index is 0.0255. The molecule has 0 aliphatic heterocycles. The molecule has 140 valence electrons. The van der Waals surface area contributed by atoms with Gasteiger partial charge in [-0.05, 0) is 48.9 Å². The molecule has 0 aliphatic rings. The predicted octanol–water partition coefficient (Wildman–Crippen LogP) is 3.29. The number of sulfonamides is 1. The Hall–Kier alpha value is -1.80. The molecule has 26 heavy (non-hydrogen) atoms. The molecule has 2 rings (SSSR count). The Morgan fingerprint density at radius 2 is 1.77 bits per heavy atom. The van der Waals surface area contributed by atoms with Crippen LogP contribution >= 0.6 is 23.2 Å². The van der Waals surface area contributed by atoms with Crippen molar-refractivity contribution in [1.29, 1.82) is 0 Å². The van der Waals surface area contributed by atoms with Crippen LogP contribution in [0, 0.1) is 0 Å². The first kappa shape index (κ1) is 20.5. The Morgan fingerprint density at radius 1 is 1.12 bits per heavy atom. The third-order valence-corrected chi connectivity index (χ3v) is 5.77. The third kappa shape index (κ3) is 5.11. The van der Waals surface area contributed by atoms with Crippen molar-refractivity contribution < 1.29 is 18.3 Å². The summed E-state index contributed by atoms with van der Waals surface area (Å²) in [6, 6.07) is 9.62. The average molecular weight is 417 g/mol. The lowest BCUT2D eigenvalue weighted by atomic mass is 10.1. The fraction of sp³-hybridized carbons (Fsp3) is 0.235. The van der Waals surface area contributed by atoms with Crippen molar-refractivity contribution in [2.75, 3.05) is 11.3 Å². The van der Waals surface area contributed by atoms with E-state index >= 15 is 0 Å². The Labute approximate surface area is 162 Å². The maximum absolute atomic E-state index is 12.4. The summed E-state index contributed by atoms with van der Waals surface area (Å²) in [6.07, 6.45) is 0.601. The van der Waals surface area contributed by atoms with E-state index in [0.29, 0.717) is 17.7 Å². The van der Waals surface area contributed by atoms with Gasteiger partial charge in [0.1, 0.15) is 0 Å². The third-order valence-electron chi connectivity index (χ3n) is 3.65. The summed E-state index contributed by atoms with van der Waals surface area (Å²) in [5, 5.41) is 12.2. The van der Waals surface area contributed by atoms with Crippen molar-refractivity contribution in [2.45, 2.75) is 24.3 Å². The number of amides is 1. The van der Waals surface area contributed by atoms with E-state index in [4.69, 9.17) is 28.3 Å². The molecule has 9 heteroatoms. The van der Waals surface area contributed by atoms with E-state index in [2.05, 4.69) is 10.0 Å². The van der Waals surface area contributed by atoms with Gasteiger partial charge in [-0.2, -0.15) is 0 Å². The van der Waals surface area contributed by atoms with E-state index < -0.39 is 10.0 Å². The molecular formula is C17H18Cl2N2O4S. The van der Waals surface area contributed by atoms with Crippen molar-refractivity contribution in [1.82, 2.24) is 5.32 Å². The lowest BCUT2D eigenvalue weighted by Gasteiger charge is -2.14. The lowest BCUT2D eigenvalue weighted by Crippen LogP contribution is -2.36. The molecule has 0 aromatic heterocycles. The van der Waals surface area contributed by atoms with Crippen LogP contribution in [0.2, 0.25) is 10.0 Å². The number of carbonyl (C=O) groups excluding carboxylic acids is 1. The van der Waals surface area contributed by atoms with Crippen LogP contribution in [-0.4, -0.2) is 32.1 Å². The van der Waals surface area contributed by atoms with Gasteiger partial charge in [0.05, 0.1) is 27.6 Å². The molecule has 2 aromatic carbocycles. The zero-order chi connectivity index (χ0) is 19.3. The van der Waals surface area contributed by atoms with E-state index in [0.717, 1.165) is 0 Å². The summed E-state index contributed by atoms with van der Waals surface area (Å²) in [7, 11) is -3.84. The van der Waals surface area contributed by atoms with Crippen molar-refractivity contribution in [3.05, 3.63) is 58.1 Å². The molecule has 1 atom stereocenters. The number of anilines is 1. The van der Waals surface area contributed by atoms with Crippen molar-refractivity contribution in [3.63, 3.8) is 0 Å². The zero-order valence-electron chi connectivity index (χ0n) is 13.9. The number of rotatable bonds is 7. The molecule has 1 unspecified atom stereocenters. The van der Waals surface area contributed by atoms with Crippen LogP contribution in [0.5, 0.6) is 0 Å². The van der Waals surface area contributed by atoms with E-state index in [1.54, 1.807) is 0 Å². The Bertz CT molecular complexity index is 882. The second kappa shape index (κ2) is 8.73. The van der Waals surface area contributed by atoms with Crippen LogP contribution in [0.15, 0.2) is 47.4 Å². The monoisotopic (exact) mass is 416 g/mol. The molecule has 0 saturated carbocycles. The number of aliphatic hydroxyl groups is 1. The molecule has 0 saturated heterocycles. The molecule has 0 fully saturated rings. The highest BCUT2D eigenvalue weighted by atomic mass is 35.5. The van der Waals surface area contributed by atoms with Gasteiger partial charge in [0.25, 0.3) is 15.9 Å². The summed E-state index contributed by atoms with van der Waals surface area (Å²) in [5.41, 5.74) is 0.649. The summed E-state index contributed by atoms with van der Waals surface area (Å²) in [5.74, 6) is -0.343. The summed E-state index contributed by atoms with van der Waals surface area (Å²) in [4.78, 5) is 12.0. The molecule has 0 bridgehead atoms. The first-order valence-corrected chi connectivity index (χ1v) is 10.0. The van der Waals surface area contributed by atoms with Gasteiger partial charge in [-0.1, -0.05) is 30.1 Å². The highest BCUT2D eigenvalue weighted by Gasteiger charge is 2.16. The van der Waals surface area contributed by atoms with E-state index in [9.17, 15) is 13.2 Å². The van der Waals surface area contributed by atoms with Crippen LogP contribution in [0.3, 0.4) is 0 Å². The minimum Gasteiger partial charge on any atom is -0.394 e. The average Bonchev–Trinajstić information content (AvgIpc) is 2.62. The first-order valence-electron chi connectivity index (χ1n) is 7.76. The first-order chi connectivity index (χ1) is 12.3. The molecule has 0 spiro atoms. The minimum atomic E-state index is -3.84. The van der Waals surface area contributed by atoms with E-state index in [1.165, 1.54) is 42.5 Å². The molecular weight excluding hydrogens is 399 g/mol. The smallest absolute Gasteiger partial charge is 0.261 e. The molecule has 0 radical (unpaired) electrons. The van der Waals surface area contributed by atoms with Gasteiger partial charge in [0.15, 0.2) is 0 Å². The summed E-state index contributed by atoms with van der Waals surface area (Å²) < 4.78 is 27.2. The second-order valence-corrected chi connectivity index (χ2v) is 8.02. The fourth-order valence-corrected chi connectivity index (χ4v) is 3.54. The van der Waals surface area contributed by atoms with Crippen molar-refractivity contribution in [2.24, 2.45) is 0 Å². The van der Waals surface area contributed by atoms with Crippen LogP contribution in [0.4, 0.5) is 5.69 Å². The van der Waals surface area contributed by atoms with Crippen LogP contribution < -0.4 is 10.0 Å². The van der Waals surface area contributed by atoms with Gasteiger partial charge < -0.3 is 10.4 Å². The molecule has 2 aromatic rings. The van der Waals surface area contributed by atoms with E-state index in [-0.39, 0.29) is 33.5 Å². The van der Waals surface area contributed by atoms with Gasteiger partial charge >= 0.3 is 0 Å². The molecule has 3 N–H and O–H groups in total. The second-order valence-electron chi connectivity index (χ2n) is 5.52. The number of benzene rings is 2. The Balaban J connectivity index is 2.13. The lowest BCUT2D eigenvalue weighted by molar-refractivity contribution is 0.0915. The van der Waals surface area contributed by atoms with Gasteiger partial charge in [-0.15, -0.1) is 0 Å². The maximum atomic E-state index is 12.4. The van der Waals surface area contributed by atoms with Crippen LogP contribution in [-0.2, 0) is 10.0 Å². The molecule has 6 nitrogen and oxygen atoms in total. The Kier molecular flexibility index (Phi) is 6.88. The molecule has 1 amide bonds. The Morgan fingerprint density at radius 3 is 2.31 bits per heavy atom. The number of aliphatic hydroxyl groups excluding tert-OH is 1. The number of halogens is 2. The molecule has 0 heterocycles. The maximum Gasteiger partial charge on any atom is 0.261 e. The van der Waals surface area contributed by atoms with Crippen LogP contribution in [0.1, 0.15) is 23.7 Å². The number of carbonyl (C=O) groups is 1. The largest absolute Gasteiger partial charge is 0.394 e. The van der Waals surface area contributed by atoms with Crippen molar-refractivity contribution >= 4 is 44.8 Å². The normalized spacial score (nSPS) is 12.5. The van der Waals surface area contributed by atoms with E-state index in [1.807, 2.05) is 6.92 Å². The summed E-state index contributed by atoms with van der Waals surface area (Å²) in [6.45, 7) is 1.70. The van der Waals surface area contributed by atoms with Gasteiger partial charge in [-0.3, -0.25) is 9.52 Å². The standard InChI is InChI=1S/C17H18Cl2N2O4S/c1-2-12(10-22)20-17(23)11-3-5-13(6-4-11)21-26(24,25)14-7-8-15(18)16(19)9-14/h3-9,12,21-22H,2,10H2,1H3,(H,20,23). The molecule has 0 aliphatic carbocycles. The van der Waals surface area contributed by atoms with Gasteiger partial charge in [-0.25, -0.2) is 8.42 Å². The highest BCUT2D eigenvalue weighted by molar-refractivity contribution is 7.92. The zero-order valence-corrected chi connectivity index (χ0v) is 16.2. The number of hydrogen-bond acceptors (Lipinski definition) is 4.